The van der Waals surface area contributed by atoms with E-state index in [1.807, 2.05) is 48.5 Å². The average molecular weight is 563 g/mol. The highest BCUT2D eigenvalue weighted by Crippen LogP contribution is 2.31. The molecule has 10 heteroatoms. The van der Waals surface area contributed by atoms with Gasteiger partial charge in [-0.3, -0.25) is 4.79 Å². The molecule has 1 heterocycles. The van der Waals surface area contributed by atoms with Crippen LogP contribution in [-0.4, -0.2) is 72.7 Å². The van der Waals surface area contributed by atoms with Crippen LogP contribution in [0.15, 0.2) is 30.3 Å². The Morgan fingerprint density at radius 2 is 1.91 bits per heavy atom. The molecule has 1 aliphatic rings. The number of benzene rings is 2. The Morgan fingerprint density at radius 3 is 2.53 bits per heavy atom. The van der Waals surface area contributed by atoms with E-state index in [0.29, 0.717) is 10.1 Å². The number of likely N-dealkylation sites (N-methyl/N-ethyl adjacent to an activating group) is 1. The molecule has 1 saturated heterocycles. The van der Waals surface area contributed by atoms with E-state index in [4.69, 9.17) is 5.11 Å². The molecule has 3 rings (SSSR count). The smallest absolute Gasteiger partial charge is 0.256 e. The normalized spacial score (nSPS) is 16.1. The summed E-state index contributed by atoms with van der Waals surface area (Å²) in [6.07, 6.45) is 0. The molecule has 0 spiro atoms. The second-order valence-corrected chi connectivity index (χ2v) is 9.76. The van der Waals surface area contributed by atoms with Crippen LogP contribution in [0.3, 0.4) is 0 Å². The molecule has 174 valence electrons. The molecule has 6 nitrogen and oxygen atoms in total. The fourth-order valence-corrected chi connectivity index (χ4v) is 4.12. The van der Waals surface area contributed by atoms with Crippen LogP contribution in [0.5, 0.6) is 0 Å². The molecule has 1 amide bonds. The zero-order chi connectivity index (χ0) is 23.6. The third-order valence-corrected chi connectivity index (χ3v) is 5.89. The maximum atomic E-state index is 14.6. The largest absolute Gasteiger partial charge is 0.437 e. The fourth-order valence-electron chi connectivity index (χ4n) is 3.67. The Balaban J connectivity index is 1.73. The lowest BCUT2D eigenvalue weighted by Crippen LogP contribution is -2.68. The Kier molecular flexibility index (Phi) is 7.69. The van der Waals surface area contributed by atoms with Crippen LogP contribution in [0.2, 0.25) is 0 Å². The van der Waals surface area contributed by atoms with E-state index in [2.05, 4.69) is 10.6 Å². The molecule has 0 aromatic heterocycles. The number of halogens is 4. The first kappa shape index (κ1) is 24.7. The van der Waals surface area contributed by atoms with Crippen molar-refractivity contribution < 1.29 is 23.1 Å². The molecular weight excluding hydrogens is 536 g/mol. The standard InChI is InChI=1S/C22H26F3IN4O2/c1-13(9-29(2)3)27-10-22(32)11-30(12-22)21(31)15-5-6-16(23)19(25)20(15)28-18-7-4-14(26)8-17(18)24/h4-8,13,27-28,32H,9-12H2,1-3H3/p+1. The highest BCUT2D eigenvalue weighted by molar-refractivity contribution is 14.1. The van der Waals surface area contributed by atoms with Gasteiger partial charge >= 0.3 is 0 Å². The van der Waals surface area contributed by atoms with Gasteiger partial charge in [0.25, 0.3) is 5.91 Å². The van der Waals surface area contributed by atoms with E-state index in [1.54, 1.807) is 6.07 Å². The Morgan fingerprint density at radius 1 is 1.22 bits per heavy atom. The van der Waals surface area contributed by atoms with E-state index in [0.717, 1.165) is 12.6 Å². The number of nitrogens with zero attached hydrogens (tertiary/aromatic N) is 2. The summed E-state index contributed by atoms with van der Waals surface area (Å²) >= 11 is 1.94. The zero-order valence-electron chi connectivity index (χ0n) is 18.1. The second-order valence-electron chi connectivity index (χ2n) is 8.52. The van der Waals surface area contributed by atoms with E-state index < -0.39 is 34.6 Å². The van der Waals surface area contributed by atoms with Crippen molar-refractivity contribution in [1.82, 2.24) is 15.1 Å². The Labute approximate surface area is 198 Å². The van der Waals surface area contributed by atoms with Crippen LogP contribution >= 0.6 is 22.6 Å². The first-order valence-corrected chi connectivity index (χ1v) is 11.2. The van der Waals surface area contributed by atoms with Crippen molar-refractivity contribution in [3.63, 3.8) is 0 Å². The van der Waals surface area contributed by atoms with Gasteiger partial charge in [-0.25, -0.2) is 13.2 Å². The molecule has 32 heavy (non-hydrogen) atoms. The monoisotopic (exact) mass is 563 g/mol. The van der Waals surface area contributed by atoms with Crippen molar-refractivity contribution in [3.05, 3.63) is 56.9 Å². The number of likely N-dealkylation sites (tertiary alicyclic amines) is 1. The van der Waals surface area contributed by atoms with Crippen LogP contribution in [0.1, 0.15) is 17.3 Å². The highest BCUT2D eigenvalue weighted by Gasteiger charge is 2.48. The topological polar surface area (TPSA) is 70.5 Å². The van der Waals surface area contributed by atoms with Crippen molar-refractivity contribution in [1.29, 1.82) is 0 Å². The number of hydrogen-bond donors (Lipinski definition) is 2. The van der Waals surface area contributed by atoms with Crippen molar-refractivity contribution in [3.8, 4) is 0 Å². The number of nitrogens with one attached hydrogen (secondary N) is 2. The predicted molar refractivity (Wildman–Crippen MR) is 127 cm³/mol. The van der Waals surface area contributed by atoms with E-state index in [9.17, 15) is 18.0 Å². The number of carbonyl (C=O) groups is 1. The summed E-state index contributed by atoms with van der Waals surface area (Å²) in [5.41, 5.74) is -1.46. The summed E-state index contributed by atoms with van der Waals surface area (Å²) in [5.74, 6) is -3.59. The first-order chi connectivity index (χ1) is 15.0. The van der Waals surface area contributed by atoms with Gasteiger partial charge in [0.15, 0.2) is 11.6 Å². The first-order valence-electron chi connectivity index (χ1n) is 10.1. The molecule has 0 aliphatic carbocycles. The van der Waals surface area contributed by atoms with Crippen molar-refractivity contribution in [2.24, 2.45) is 0 Å². The highest BCUT2D eigenvalue weighted by atomic mass is 127. The van der Waals surface area contributed by atoms with Gasteiger partial charge in [-0.2, -0.15) is 0 Å². The van der Waals surface area contributed by atoms with Gasteiger partial charge in [0.05, 0.1) is 36.6 Å². The Bertz CT molecular complexity index is 999. The molecule has 1 unspecified atom stereocenters. The lowest BCUT2D eigenvalue weighted by Gasteiger charge is -2.43. The van der Waals surface area contributed by atoms with Gasteiger partial charge in [0, 0.05) is 16.2 Å². The van der Waals surface area contributed by atoms with Crippen LogP contribution < -0.4 is 10.6 Å². The van der Waals surface area contributed by atoms with Crippen LogP contribution in [0, 0.1) is 21.0 Å². The SMILES string of the molecule is CC(CN(C)C)NCC1([OH2+])CN(C(=O)c2ccc(F)c(F)c2Nc2ccc(I)cc2F)C1. The van der Waals surface area contributed by atoms with Crippen LogP contribution in [-0.2, 0) is 0 Å². The predicted octanol–water partition coefficient (Wildman–Crippen LogP) is 2.91. The van der Waals surface area contributed by atoms with Crippen molar-refractivity contribution >= 4 is 39.9 Å². The third-order valence-electron chi connectivity index (χ3n) is 5.22. The number of hydrogen-bond acceptors (Lipinski definition) is 4. The van der Waals surface area contributed by atoms with Gasteiger partial charge in [0.2, 0.25) is 5.60 Å². The lowest BCUT2D eigenvalue weighted by molar-refractivity contribution is -0.0797. The van der Waals surface area contributed by atoms with E-state index >= 15 is 0 Å². The van der Waals surface area contributed by atoms with Gasteiger partial charge < -0.3 is 25.5 Å². The summed E-state index contributed by atoms with van der Waals surface area (Å²) < 4.78 is 43.4. The van der Waals surface area contributed by atoms with Crippen molar-refractivity contribution in [2.45, 2.75) is 18.6 Å². The van der Waals surface area contributed by atoms with Crippen molar-refractivity contribution in [2.75, 3.05) is 45.6 Å². The number of anilines is 2. The molecular formula is C22H27F3IN4O2+. The molecule has 0 saturated carbocycles. The summed E-state index contributed by atoms with van der Waals surface area (Å²) in [7, 11) is 3.93. The summed E-state index contributed by atoms with van der Waals surface area (Å²) in [5, 5.41) is 14.3. The maximum absolute atomic E-state index is 14.6. The minimum absolute atomic E-state index is 0.0681. The number of rotatable bonds is 8. The van der Waals surface area contributed by atoms with E-state index in [1.165, 1.54) is 23.1 Å². The minimum Gasteiger partial charge on any atom is -0.437 e. The van der Waals surface area contributed by atoms with Crippen LogP contribution in [0.4, 0.5) is 24.5 Å². The van der Waals surface area contributed by atoms with Gasteiger partial charge in [-0.05, 0) is 73.9 Å². The van der Waals surface area contributed by atoms with Gasteiger partial charge in [0.1, 0.15) is 5.82 Å². The summed E-state index contributed by atoms with van der Waals surface area (Å²) in [4.78, 5) is 16.5. The molecule has 1 aliphatic heterocycles. The third kappa shape index (κ3) is 5.72. The van der Waals surface area contributed by atoms with Gasteiger partial charge in [-0.1, -0.05) is 0 Å². The molecule has 2 aromatic carbocycles. The number of amides is 1. The molecule has 4 N–H and O–H groups in total. The minimum atomic E-state index is -1.26. The molecule has 0 bridgehead atoms. The zero-order valence-corrected chi connectivity index (χ0v) is 20.3. The maximum Gasteiger partial charge on any atom is 0.256 e. The molecule has 1 fully saturated rings. The Hall–Kier alpha value is -1.89. The van der Waals surface area contributed by atoms with E-state index in [-0.39, 0.29) is 30.4 Å². The summed E-state index contributed by atoms with van der Waals surface area (Å²) in [6, 6.07) is 6.48. The van der Waals surface area contributed by atoms with Crippen LogP contribution in [0.25, 0.3) is 0 Å². The molecule has 2 aromatic rings. The lowest BCUT2D eigenvalue weighted by atomic mass is 9.92. The fraction of sp³-hybridized carbons (Fsp3) is 0.409. The van der Waals surface area contributed by atoms with Gasteiger partial charge in [-0.15, -0.1) is 0 Å². The molecule has 0 radical (unpaired) electrons. The summed E-state index contributed by atoms with van der Waals surface area (Å²) in [6.45, 7) is 3.56. The average Bonchev–Trinajstić information content (AvgIpc) is 2.68. The second kappa shape index (κ2) is 9.94. The molecule has 1 atom stereocenters. The number of carbonyl (C=O) groups excluding carboxylic acids is 1. The quantitative estimate of drug-likeness (QED) is 0.383.